The summed E-state index contributed by atoms with van der Waals surface area (Å²) in [4.78, 5) is 25.2. The lowest BCUT2D eigenvalue weighted by Gasteiger charge is -2.15. The Morgan fingerprint density at radius 3 is 2.65 bits per heavy atom. The minimum Gasteiger partial charge on any atom is -0.478 e. The van der Waals surface area contributed by atoms with Crippen LogP contribution in [0.3, 0.4) is 0 Å². The molecule has 108 valence electrons. The van der Waals surface area contributed by atoms with Crippen LogP contribution in [0.1, 0.15) is 29.6 Å². The smallest absolute Gasteiger partial charge is 0.337 e. The number of hydrogen-bond acceptors (Lipinski definition) is 3. The highest BCUT2D eigenvalue weighted by Gasteiger charge is 2.17. The first-order valence-corrected chi connectivity index (χ1v) is 7.00. The quantitative estimate of drug-likeness (QED) is 0.876. The van der Waals surface area contributed by atoms with E-state index in [-0.39, 0.29) is 22.2 Å². The van der Waals surface area contributed by atoms with E-state index >= 15 is 0 Å². The molecule has 5 nitrogen and oxygen atoms in total. The molecule has 0 radical (unpaired) electrons. The maximum Gasteiger partial charge on any atom is 0.337 e. The van der Waals surface area contributed by atoms with Gasteiger partial charge >= 0.3 is 5.97 Å². The van der Waals surface area contributed by atoms with Crippen LogP contribution in [0, 0.1) is 0 Å². The Balaban J connectivity index is 1.98. The summed E-state index contributed by atoms with van der Waals surface area (Å²) in [6, 6.07) is 4.53. The molecule has 20 heavy (non-hydrogen) atoms. The average molecular weight is 297 g/mol. The van der Waals surface area contributed by atoms with E-state index in [1.54, 1.807) is 12.1 Å². The molecule has 0 bridgehead atoms. The third-order valence-corrected chi connectivity index (χ3v) is 3.68. The number of para-hydroxylation sites is 1. The topological polar surface area (TPSA) is 69.6 Å². The van der Waals surface area contributed by atoms with Gasteiger partial charge in [0.15, 0.2) is 0 Å². The molecule has 0 spiro atoms. The zero-order chi connectivity index (χ0) is 14.5. The van der Waals surface area contributed by atoms with Crippen molar-refractivity contribution in [2.75, 3.05) is 25.0 Å². The molecule has 0 saturated carbocycles. The standard InChI is InChI=1S/C14H17ClN2O3/c15-11-5-3-4-10(14(19)20)13(11)16-12(18)6-9-17-7-1-2-8-17/h3-5H,1-2,6-9H2,(H,16,18)(H,19,20). The summed E-state index contributed by atoms with van der Waals surface area (Å²) in [5.74, 6) is -1.32. The summed E-state index contributed by atoms with van der Waals surface area (Å²) in [5.41, 5.74) is 0.181. The Morgan fingerprint density at radius 2 is 2.00 bits per heavy atom. The second-order valence-corrected chi connectivity index (χ2v) is 5.22. The van der Waals surface area contributed by atoms with E-state index in [1.807, 2.05) is 0 Å². The number of anilines is 1. The van der Waals surface area contributed by atoms with Gasteiger partial charge in [-0.05, 0) is 38.1 Å². The first-order chi connectivity index (χ1) is 9.58. The van der Waals surface area contributed by atoms with Crippen LogP contribution in [0.5, 0.6) is 0 Å². The van der Waals surface area contributed by atoms with Gasteiger partial charge in [-0.3, -0.25) is 4.79 Å². The first kappa shape index (κ1) is 14.8. The molecule has 1 heterocycles. The van der Waals surface area contributed by atoms with E-state index in [0.717, 1.165) is 13.1 Å². The maximum absolute atomic E-state index is 11.9. The molecular weight excluding hydrogens is 280 g/mol. The van der Waals surface area contributed by atoms with Gasteiger partial charge < -0.3 is 15.3 Å². The molecule has 0 aromatic heterocycles. The third-order valence-electron chi connectivity index (χ3n) is 3.36. The Morgan fingerprint density at radius 1 is 1.30 bits per heavy atom. The maximum atomic E-state index is 11.9. The molecule has 1 amide bonds. The van der Waals surface area contributed by atoms with Gasteiger partial charge in [-0.1, -0.05) is 17.7 Å². The molecule has 2 N–H and O–H groups in total. The van der Waals surface area contributed by atoms with Gasteiger partial charge in [0.2, 0.25) is 5.91 Å². The van der Waals surface area contributed by atoms with E-state index < -0.39 is 5.97 Å². The number of carbonyl (C=O) groups is 2. The number of likely N-dealkylation sites (tertiary alicyclic amines) is 1. The van der Waals surface area contributed by atoms with Crippen LogP contribution in [-0.4, -0.2) is 41.5 Å². The molecule has 1 aliphatic rings. The number of carbonyl (C=O) groups excluding carboxylic acids is 1. The summed E-state index contributed by atoms with van der Waals surface area (Å²) in [7, 11) is 0. The second kappa shape index (κ2) is 6.72. The third kappa shape index (κ3) is 3.71. The van der Waals surface area contributed by atoms with Gasteiger partial charge in [0, 0.05) is 13.0 Å². The number of nitrogens with one attached hydrogen (secondary N) is 1. The molecule has 0 aliphatic carbocycles. The van der Waals surface area contributed by atoms with Crippen molar-refractivity contribution in [1.29, 1.82) is 0 Å². The van der Waals surface area contributed by atoms with Gasteiger partial charge in [-0.25, -0.2) is 4.79 Å². The van der Waals surface area contributed by atoms with E-state index in [9.17, 15) is 9.59 Å². The molecule has 1 aliphatic heterocycles. The number of carboxylic acid groups (broad SMARTS) is 1. The van der Waals surface area contributed by atoms with Crippen molar-refractivity contribution in [2.45, 2.75) is 19.3 Å². The minimum atomic E-state index is -1.11. The van der Waals surface area contributed by atoms with Crippen molar-refractivity contribution in [2.24, 2.45) is 0 Å². The Hall–Kier alpha value is -1.59. The van der Waals surface area contributed by atoms with Gasteiger partial charge in [0.25, 0.3) is 0 Å². The SMILES string of the molecule is O=C(CCN1CCCC1)Nc1c(Cl)cccc1C(=O)O. The summed E-state index contributed by atoms with van der Waals surface area (Å²) >= 11 is 5.96. The number of hydrogen-bond donors (Lipinski definition) is 2. The van der Waals surface area contributed by atoms with Crippen LogP contribution in [-0.2, 0) is 4.79 Å². The van der Waals surface area contributed by atoms with Gasteiger partial charge in [0.1, 0.15) is 0 Å². The van der Waals surface area contributed by atoms with Crippen molar-refractivity contribution >= 4 is 29.2 Å². The van der Waals surface area contributed by atoms with E-state index in [4.69, 9.17) is 16.7 Å². The molecule has 1 aromatic rings. The number of nitrogens with zero attached hydrogens (tertiary/aromatic N) is 1. The van der Waals surface area contributed by atoms with E-state index in [1.165, 1.54) is 18.9 Å². The summed E-state index contributed by atoms with van der Waals surface area (Å²) in [5, 5.41) is 11.9. The van der Waals surface area contributed by atoms with Gasteiger partial charge in [-0.2, -0.15) is 0 Å². The van der Waals surface area contributed by atoms with Crippen molar-refractivity contribution in [3.63, 3.8) is 0 Å². The molecule has 0 unspecified atom stereocenters. The molecule has 0 atom stereocenters. The lowest BCUT2D eigenvalue weighted by molar-refractivity contribution is -0.116. The first-order valence-electron chi connectivity index (χ1n) is 6.62. The van der Waals surface area contributed by atoms with Crippen LogP contribution in [0.2, 0.25) is 5.02 Å². The van der Waals surface area contributed by atoms with Crippen molar-refractivity contribution in [3.05, 3.63) is 28.8 Å². The fraction of sp³-hybridized carbons (Fsp3) is 0.429. The van der Waals surface area contributed by atoms with Crippen LogP contribution >= 0.6 is 11.6 Å². The number of carboxylic acids is 1. The summed E-state index contributed by atoms with van der Waals surface area (Å²) < 4.78 is 0. The summed E-state index contributed by atoms with van der Waals surface area (Å²) in [6.07, 6.45) is 2.69. The Bertz CT molecular complexity index is 513. The molecular formula is C14H17ClN2O3. The molecule has 6 heteroatoms. The molecule has 1 aromatic carbocycles. The van der Waals surface area contributed by atoms with Crippen molar-refractivity contribution < 1.29 is 14.7 Å². The van der Waals surface area contributed by atoms with Crippen molar-refractivity contribution in [1.82, 2.24) is 4.90 Å². The Kier molecular flexibility index (Phi) is 4.98. The zero-order valence-electron chi connectivity index (χ0n) is 11.1. The van der Waals surface area contributed by atoms with E-state index in [0.29, 0.717) is 13.0 Å². The Labute approximate surface area is 122 Å². The number of halogens is 1. The predicted octanol–water partition coefficient (Wildman–Crippen LogP) is 2.46. The van der Waals surface area contributed by atoms with Crippen LogP contribution in [0.25, 0.3) is 0 Å². The van der Waals surface area contributed by atoms with Crippen LogP contribution in [0.15, 0.2) is 18.2 Å². The van der Waals surface area contributed by atoms with Crippen LogP contribution in [0.4, 0.5) is 5.69 Å². The monoisotopic (exact) mass is 296 g/mol. The average Bonchev–Trinajstić information content (AvgIpc) is 2.91. The lowest BCUT2D eigenvalue weighted by Crippen LogP contribution is -2.25. The number of amides is 1. The van der Waals surface area contributed by atoms with E-state index in [2.05, 4.69) is 10.2 Å². The predicted molar refractivity (Wildman–Crippen MR) is 77.3 cm³/mol. The molecule has 1 saturated heterocycles. The highest BCUT2D eigenvalue weighted by Crippen LogP contribution is 2.26. The lowest BCUT2D eigenvalue weighted by atomic mass is 10.1. The van der Waals surface area contributed by atoms with Gasteiger partial charge in [0.05, 0.1) is 16.3 Å². The fourth-order valence-electron chi connectivity index (χ4n) is 2.30. The fourth-order valence-corrected chi connectivity index (χ4v) is 2.52. The van der Waals surface area contributed by atoms with Crippen LogP contribution < -0.4 is 5.32 Å². The largest absolute Gasteiger partial charge is 0.478 e. The number of aromatic carboxylic acids is 1. The number of benzene rings is 1. The molecule has 2 rings (SSSR count). The van der Waals surface area contributed by atoms with Gasteiger partial charge in [-0.15, -0.1) is 0 Å². The summed E-state index contributed by atoms with van der Waals surface area (Å²) in [6.45, 7) is 2.75. The minimum absolute atomic E-state index is 0.00650. The zero-order valence-corrected chi connectivity index (χ0v) is 11.8. The van der Waals surface area contributed by atoms with Crippen molar-refractivity contribution in [3.8, 4) is 0 Å². The normalized spacial score (nSPS) is 15.2. The second-order valence-electron chi connectivity index (χ2n) is 4.81. The number of rotatable bonds is 5. The molecule has 1 fully saturated rings. The highest BCUT2D eigenvalue weighted by molar-refractivity contribution is 6.34. The highest BCUT2D eigenvalue weighted by atomic mass is 35.5.